The number of benzene rings is 1. The summed E-state index contributed by atoms with van der Waals surface area (Å²) in [5, 5.41) is 0. The van der Waals surface area contributed by atoms with Crippen LogP contribution in [0, 0.1) is 0 Å². The zero-order valence-corrected chi connectivity index (χ0v) is 10.5. The second kappa shape index (κ2) is 5.77. The normalized spacial score (nSPS) is 9.74. The van der Waals surface area contributed by atoms with Gasteiger partial charge in [0.2, 0.25) is 0 Å². The van der Waals surface area contributed by atoms with E-state index in [4.69, 9.17) is 9.15 Å². The van der Waals surface area contributed by atoms with E-state index < -0.39 is 0 Å². The van der Waals surface area contributed by atoms with Gasteiger partial charge in [-0.05, 0) is 24.3 Å². The molecule has 0 unspecified atom stereocenters. The molecule has 0 atom stereocenters. The molecular formula is C14H14N2O3. The molecule has 0 saturated heterocycles. The molecule has 2 N–H and O–H groups in total. The molecule has 0 fully saturated rings. The fraction of sp³-hybridized carbons (Fsp3) is 0.0714. The lowest BCUT2D eigenvalue weighted by atomic mass is 10.2. The molecule has 1 aromatic carbocycles. The van der Waals surface area contributed by atoms with Gasteiger partial charge in [-0.1, -0.05) is 18.7 Å². The fourth-order valence-corrected chi connectivity index (χ4v) is 1.48. The molecular weight excluding hydrogens is 244 g/mol. The molecule has 2 aromatic rings. The summed E-state index contributed by atoms with van der Waals surface area (Å²) >= 11 is 0. The molecule has 0 radical (unpaired) electrons. The maximum atomic E-state index is 11.6. The number of hydrogen-bond donors (Lipinski definition) is 2. The zero-order chi connectivity index (χ0) is 13.7. The van der Waals surface area contributed by atoms with Gasteiger partial charge in [0.05, 0.1) is 19.1 Å². The first-order valence-electron chi connectivity index (χ1n) is 5.64. The van der Waals surface area contributed by atoms with E-state index in [1.165, 1.54) is 6.26 Å². The lowest BCUT2D eigenvalue weighted by Crippen LogP contribution is -2.35. The highest BCUT2D eigenvalue weighted by molar-refractivity contribution is 5.91. The third kappa shape index (κ3) is 3.16. The number of carbonyl (C=O) groups is 1. The van der Waals surface area contributed by atoms with Crippen molar-refractivity contribution >= 4 is 11.6 Å². The van der Waals surface area contributed by atoms with Crippen LogP contribution < -0.4 is 15.6 Å². The van der Waals surface area contributed by atoms with Gasteiger partial charge in [-0.3, -0.25) is 15.6 Å². The first-order valence-corrected chi connectivity index (χ1v) is 5.64. The Hall–Kier alpha value is -2.69. The molecule has 0 saturated carbocycles. The standard InChI is InChI=1S/C14H14N2O3/c1-10(11-5-3-6-12(9-11)18-2)15-16-14(17)13-7-4-8-19-13/h3-9,15H,1H2,2H3,(H,16,17). The maximum absolute atomic E-state index is 11.6. The molecule has 1 amide bonds. The molecule has 1 aromatic heterocycles. The van der Waals surface area contributed by atoms with Crippen LogP contribution in [-0.2, 0) is 0 Å². The number of hydrogen-bond acceptors (Lipinski definition) is 4. The molecule has 0 bridgehead atoms. The molecule has 19 heavy (non-hydrogen) atoms. The van der Waals surface area contributed by atoms with Gasteiger partial charge in [0.25, 0.3) is 0 Å². The number of amides is 1. The van der Waals surface area contributed by atoms with Crippen molar-refractivity contribution in [1.29, 1.82) is 0 Å². The summed E-state index contributed by atoms with van der Waals surface area (Å²) in [5.74, 6) is 0.581. The first kappa shape index (κ1) is 12.8. The van der Waals surface area contributed by atoms with Crippen LogP contribution in [0.3, 0.4) is 0 Å². The summed E-state index contributed by atoms with van der Waals surface area (Å²) in [6.07, 6.45) is 1.44. The summed E-state index contributed by atoms with van der Waals surface area (Å²) in [4.78, 5) is 11.6. The SMILES string of the molecule is C=C(NNC(=O)c1ccco1)c1cccc(OC)c1. The molecule has 2 rings (SSSR count). The van der Waals surface area contributed by atoms with Gasteiger partial charge in [-0.15, -0.1) is 0 Å². The lowest BCUT2D eigenvalue weighted by molar-refractivity contribution is 0.0914. The van der Waals surface area contributed by atoms with E-state index in [0.717, 1.165) is 11.3 Å². The number of rotatable bonds is 5. The van der Waals surface area contributed by atoms with Crippen molar-refractivity contribution in [1.82, 2.24) is 10.9 Å². The highest BCUT2D eigenvalue weighted by atomic mass is 16.5. The van der Waals surface area contributed by atoms with Crippen molar-refractivity contribution < 1.29 is 13.9 Å². The van der Waals surface area contributed by atoms with Crippen molar-refractivity contribution in [3.63, 3.8) is 0 Å². The summed E-state index contributed by atoms with van der Waals surface area (Å²) in [6.45, 7) is 3.84. The van der Waals surface area contributed by atoms with E-state index in [9.17, 15) is 4.79 Å². The van der Waals surface area contributed by atoms with E-state index in [-0.39, 0.29) is 11.7 Å². The van der Waals surface area contributed by atoms with Crippen LogP contribution in [0.2, 0.25) is 0 Å². The van der Waals surface area contributed by atoms with Gasteiger partial charge < -0.3 is 9.15 Å². The Morgan fingerprint density at radius 1 is 1.26 bits per heavy atom. The Morgan fingerprint density at radius 2 is 2.11 bits per heavy atom. The van der Waals surface area contributed by atoms with Crippen molar-refractivity contribution in [2.24, 2.45) is 0 Å². The molecule has 0 aliphatic carbocycles. The highest BCUT2D eigenvalue weighted by Gasteiger charge is 2.08. The number of methoxy groups -OCH3 is 1. The predicted octanol–water partition coefficient (Wildman–Crippen LogP) is 2.19. The molecule has 1 heterocycles. The second-order valence-corrected chi connectivity index (χ2v) is 3.77. The van der Waals surface area contributed by atoms with Crippen molar-refractivity contribution in [2.75, 3.05) is 7.11 Å². The van der Waals surface area contributed by atoms with E-state index in [0.29, 0.717) is 5.70 Å². The van der Waals surface area contributed by atoms with E-state index >= 15 is 0 Å². The minimum absolute atomic E-state index is 0.228. The number of furan rings is 1. The minimum atomic E-state index is -0.367. The van der Waals surface area contributed by atoms with Gasteiger partial charge in [0.1, 0.15) is 5.75 Å². The molecule has 0 aliphatic rings. The average molecular weight is 258 g/mol. The van der Waals surface area contributed by atoms with E-state index in [2.05, 4.69) is 17.4 Å². The third-order valence-electron chi connectivity index (χ3n) is 2.49. The smallest absolute Gasteiger partial charge is 0.305 e. The highest BCUT2D eigenvalue weighted by Crippen LogP contribution is 2.16. The van der Waals surface area contributed by atoms with Gasteiger partial charge in [-0.2, -0.15) is 0 Å². The van der Waals surface area contributed by atoms with E-state index in [1.807, 2.05) is 24.3 Å². The molecule has 0 spiro atoms. The van der Waals surface area contributed by atoms with Crippen LogP contribution in [0.5, 0.6) is 5.75 Å². The summed E-state index contributed by atoms with van der Waals surface area (Å²) in [7, 11) is 1.59. The van der Waals surface area contributed by atoms with E-state index in [1.54, 1.807) is 19.2 Å². The van der Waals surface area contributed by atoms with Gasteiger partial charge in [0.15, 0.2) is 5.76 Å². The van der Waals surface area contributed by atoms with Gasteiger partial charge in [-0.25, -0.2) is 0 Å². The Kier molecular flexibility index (Phi) is 3.87. The number of ether oxygens (including phenoxy) is 1. The van der Waals surface area contributed by atoms with Crippen LogP contribution in [0.25, 0.3) is 5.70 Å². The van der Waals surface area contributed by atoms with Crippen LogP contribution in [0.4, 0.5) is 0 Å². The van der Waals surface area contributed by atoms with Crippen molar-refractivity contribution in [3.05, 3.63) is 60.6 Å². The molecule has 98 valence electrons. The van der Waals surface area contributed by atoms with Crippen LogP contribution in [-0.4, -0.2) is 13.0 Å². The van der Waals surface area contributed by atoms with Crippen LogP contribution >= 0.6 is 0 Å². The fourth-order valence-electron chi connectivity index (χ4n) is 1.48. The Bertz CT molecular complexity index is 576. The van der Waals surface area contributed by atoms with Gasteiger partial charge in [0, 0.05) is 5.56 Å². The largest absolute Gasteiger partial charge is 0.497 e. The maximum Gasteiger partial charge on any atom is 0.305 e. The summed E-state index contributed by atoms with van der Waals surface area (Å²) in [6, 6.07) is 10.6. The predicted molar refractivity (Wildman–Crippen MR) is 71.3 cm³/mol. The third-order valence-corrected chi connectivity index (χ3v) is 2.49. The first-order chi connectivity index (χ1) is 9.20. The summed E-state index contributed by atoms with van der Waals surface area (Å²) < 4.78 is 10.1. The van der Waals surface area contributed by atoms with Crippen LogP contribution in [0.15, 0.2) is 53.7 Å². The molecule has 5 nitrogen and oxygen atoms in total. The topological polar surface area (TPSA) is 63.5 Å². The lowest BCUT2D eigenvalue weighted by Gasteiger charge is -2.11. The monoisotopic (exact) mass is 258 g/mol. The molecule has 0 aliphatic heterocycles. The van der Waals surface area contributed by atoms with Crippen molar-refractivity contribution in [2.45, 2.75) is 0 Å². The Morgan fingerprint density at radius 3 is 2.79 bits per heavy atom. The summed E-state index contributed by atoms with van der Waals surface area (Å²) in [5.41, 5.74) is 6.60. The Labute approximate surface area is 110 Å². The average Bonchev–Trinajstić information content (AvgIpc) is 2.98. The second-order valence-electron chi connectivity index (χ2n) is 3.77. The van der Waals surface area contributed by atoms with Gasteiger partial charge >= 0.3 is 5.91 Å². The molecule has 5 heteroatoms. The van der Waals surface area contributed by atoms with Crippen LogP contribution in [0.1, 0.15) is 16.1 Å². The number of nitrogens with one attached hydrogen (secondary N) is 2. The zero-order valence-electron chi connectivity index (χ0n) is 10.5. The quantitative estimate of drug-likeness (QED) is 0.807. The number of carbonyl (C=O) groups excluding carboxylic acids is 1. The van der Waals surface area contributed by atoms with Crippen molar-refractivity contribution in [3.8, 4) is 5.75 Å². The minimum Gasteiger partial charge on any atom is -0.497 e. The number of hydrazine groups is 1. The Balaban J connectivity index is 1.96.